The Morgan fingerprint density at radius 3 is 2.42 bits per heavy atom. The zero-order valence-corrected chi connectivity index (χ0v) is 8.09. The molecule has 12 heavy (non-hydrogen) atoms. The quantitative estimate of drug-likeness (QED) is 0.528. The van der Waals surface area contributed by atoms with Crippen LogP contribution in [0.5, 0.6) is 0 Å². The predicted octanol–water partition coefficient (Wildman–Crippen LogP) is 0.118. The number of hydrogen-bond donors (Lipinski definition) is 3. The van der Waals surface area contributed by atoms with Gasteiger partial charge in [-0.2, -0.15) is 0 Å². The Kier molecular flexibility index (Phi) is 2.47. The van der Waals surface area contributed by atoms with Gasteiger partial charge in [0.1, 0.15) is 0 Å². The van der Waals surface area contributed by atoms with Crippen molar-refractivity contribution in [3.8, 4) is 0 Å². The third-order valence-corrected chi connectivity index (χ3v) is 2.76. The van der Waals surface area contributed by atoms with Crippen molar-refractivity contribution in [3.63, 3.8) is 0 Å². The van der Waals surface area contributed by atoms with Crippen LogP contribution in [0.3, 0.4) is 0 Å². The second-order valence-corrected chi connectivity index (χ2v) is 4.52. The third kappa shape index (κ3) is 1.97. The summed E-state index contributed by atoms with van der Waals surface area (Å²) in [6, 6.07) is 0. The van der Waals surface area contributed by atoms with E-state index >= 15 is 0 Å². The van der Waals surface area contributed by atoms with Crippen molar-refractivity contribution in [3.05, 3.63) is 0 Å². The maximum absolute atomic E-state index is 9.97. The molecule has 1 heterocycles. The van der Waals surface area contributed by atoms with Gasteiger partial charge in [0.2, 0.25) is 0 Å². The van der Waals surface area contributed by atoms with Crippen LogP contribution in [0.1, 0.15) is 27.2 Å². The van der Waals surface area contributed by atoms with E-state index in [0.29, 0.717) is 13.0 Å². The highest BCUT2D eigenvalue weighted by molar-refractivity contribution is 4.96. The molecule has 3 heteroatoms. The third-order valence-electron chi connectivity index (χ3n) is 2.76. The summed E-state index contributed by atoms with van der Waals surface area (Å²) in [6.07, 6.45) is 0.710. The Morgan fingerprint density at radius 1 is 1.50 bits per heavy atom. The van der Waals surface area contributed by atoms with Crippen LogP contribution in [0.25, 0.3) is 0 Å². The molecule has 1 aliphatic rings. The Hall–Kier alpha value is -0.120. The normalized spacial score (nSPS) is 38.2. The van der Waals surface area contributed by atoms with E-state index in [1.165, 1.54) is 0 Å². The first-order valence-electron chi connectivity index (χ1n) is 4.49. The van der Waals surface area contributed by atoms with Crippen molar-refractivity contribution in [2.24, 2.45) is 5.92 Å². The van der Waals surface area contributed by atoms with Crippen LogP contribution in [0.2, 0.25) is 0 Å². The zero-order chi connectivity index (χ0) is 9.41. The average Bonchev–Trinajstić information content (AvgIpc) is 1.83. The minimum Gasteiger partial charge on any atom is -0.390 e. The fourth-order valence-corrected chi connectivity index (χ4v) is 1.99. The molecule has 0 saturated carbocycles. The monoisotopic (exact) mass is 173 g/mol. The molecule has 0 bridgehead atoms. The summed E-state index contributed by atoms with van der Waals surface area (Å²) in [6.45, 7) is 6.82. The van der Waals surface area contributed by atoms with Gasteiger partial charge in [0.25, 0.3) is 0 Å². The van der Waals surface area contributed by atoms with E-state index < -0.39 is 11.2 Å². The number of hydrogen-bond acceptors (Lipinski definition) is 3. The Labute approximate surface area is 73.8 Å². The smallest absolute Gasteiger partial charge is 0.0699 e. The first-order valence-corrected chi connectivity index (χ1v) is 4.49. The van der Waals surface area contributed by atoms with E-state index in [2.05, 4.69) is 5.32 Å². The summed E-state index contributed by atoms with van der Waals surface area (Å²) in [5.41, 5.74) is -1.54. The SMILES string of the molecule is CC(C)(O)C1CNCCC1(C)O. The molecule has 2 atom stereocenters. The first kappa shape index (κ1) is 9.96. The lowest BCUT2D eigenvalue weighted by Crippen LogP contribution is -2.56. The highest BCUT2D eigenvalue weighted by atomic mass is 16.3. The van der Waals surface area contributed by atoms with Crippen LogP contribution >= 0.6 is 0 Å². The molecule has 0 aliphatic carbocycles. The first-order chi connectivity index (χ1) is 5.34. The molecule has 1 aliphatic heterocycles. The average molecular weight is 173 g/mol. The van der Waals surface area contributed by atoms with Crippen molar-refractivity contribution in [1.82, 2.24) is 5.32 Å². The molecule has 2 unspecified atom stereocenters. The van der Waals surface area contributed by atoms with Gasteiger partial charge in [0.05, 0.1) is 11.2 Å². The molecule has 0 aromatic heterocycles. The molecule has 72 valence electrons. The van der Waals surface area contributed by atoms with E-state index in [1.54, 1.807) is 20.8 Å². The number of aliphatic hydroxyl groups is 2. The van der Waals surface area contributed by atoms with Crippen LogP contribution in [0.15, 0.2) is 0 Å². The lowest BCUT2D eigenvalue weighted by molar-refractivity contribution is -0.113. The summed E-state index contributed by atoms with van der Waals surface area (Å²) in [7, 11) is 0. The van der Waals surface area contributed by atoms with Crippen molar-refractivity contribution in [2.45, 2.75) is 38.4 Å². The molecular formula is C9H19NO2. The fraction of sp³-hybridized carbons (Fsp3) is 1.00. The van der Waals surface area contributed by atoms with Crippen LogP contribution < -0.4 is 5.32 Å². The van der Waals surface area contributed by atoms with Crippen molar-refractivity contribution < 1.29 is 10.2 Å². The van der Waals surface area contributed by atoms with E-state index in [9.17, 15) is 10.2 Å². The summed E-state index contributed by atoms with van der Waals surface area (Å²) < 4.78 is 0. The van der Waals surface area contributed by atoms with Crippen molar-refractivity contribution in [1.29, 1.82) is 0 Å². The van der Waals surface area contributed by atoms with Gasteiger partial charge in [0.15, 0.2) is 0 Å². The molecule has 1 rings (SSSR count). The van der Waals surface area contributed by atoms with Gasteiger partial charge in [0, 0.05) is 12.5 Å². The van der Waals surface area contributed by atoms with E-state index in [1.807, 2.05) is 0 Å². The Bertz CT molecular complexity index is 160. The molecule has 0 spiro atoms. The van der Waals surface area contributed by atoms with Crippen LogP contribution in [0.4, 0.5) is 0 Å². The van der Waals surface area contributed by atoms with E-state index in [4.69, 9.17) is 0 Å². The van der Waals surface area contributed by atoms with Crippen molar-refractivity contribution in [2.75, 3.05) is 13.1 Å². The minimum atomic E-state index is -0.809. The van der Waals surface area contributed by atoms with Gasteiger partial charge in [-0.3, -0.25) is 0 Å². The van der Waals surface area contributed by atoms with Gasteiger partial charge in [-0.1, -0.05) is 0 Å². The second-order valence-electron chi connectivity index (χ2n) is 4.52. The summed E-state index contributed by atoms with van der Waals surface area (Å²) in [5.74, 6) is -0.0845. The molecule has 1 fully saturated rings. The molecule has 0 amide bonds. The minimum absolute atomic E-state index is 0.0845. The Morgan fingerprint density at radius 2 is 2.08 bits per heavy atom. The molecule has 1 saturated heterocycles. The maximum Gasteiger partial charge on any atom is 0.0699 e. The zero-order valence-electron chi connectivity index (χ0n) is 8.09. The largest absolute Gasteiger partial charge is 0.390 e. The molecule has 3 nitrogen and oxygen atoms in total. The van der Waals surface area contributed by atoms with Gasteiger partial charge < -0.3 is 15.5 Å². The van der Waals surface area contributed by atoms with Crippen LogP contribution in [0, 0.1) is 5.92 Å². The van der Waals surface area contributed by atoms with Crippen LogP contribution in [-0.4, -0.2) is 34.5 Å². The maximum atomic E-state index is 9.97. The van der Waals surface area contributed by atoms with Gasteiger partial charge in [-0.25, -0.2) is 0 Å². The van der Waals surface area contributed by atoms with Crippen LogP contribution in [-0.2, 0) is 0 Å². The van der Waals surface area contributed by atoms with E-state index in [0.717, 1.165) is 6.54 Å². The standard InChI is InChI=1S/C9H19NO2/c1-8(2,11)7-6-10-5-4-9(7,3)12/h7,10-12H,4-6H2,1-3H3. The van der Waals surface area contributed by atoms with Gasteiger partial charge in [-0.15, -0.1) is 0 Å². The lowest BCUT2D eigenvalue weighted by atomic mass is 9.74. The predicted molar refractivity (Wildman–Crippen MR) is 47.9 cm³/mol. The lowest BCUT2D eigenvalue weighted by Gasteiger charge is -2.43. The highest BCUT2D eigenvalue weighted by Crippen LogP contribution is 2.32. The van der Waals surface area contributed by atoms with Gasteiger partial charge >= 0.3 is 0 Å². The number of piperidine rings is 1. The molecule has 3 N–H and O–H groups in total. The molecular weight excluding hydrogens is 154 g/mol. The second kappa shape index (κ2) is 2.98. The molecule has 0 aromatic rings. The molecule has 0 radical (unpaired) electrons. The van der Waals surface area contributed by atoms with Gasteiger partial charge in [-0.05, 0) is 33.7 Å². The molecule has 0 aromatic carbocycles. The summed E-state index contributed by atoms with van der Waals surface area (Å²) in [4.78, 5) is 0. The van der Waals surface area contributed by atoms with E-state index in [-0.39, 0.29) is 5.92 Å². The topological polar surface area (TPSA) is 52.5 Å². The summed E-state index contributed by atoms with van der Waals surface area (Å²) in [5, 5.41) is 22.9. The number of rotatable bonds is 1. The summed E-state index contributed by atoms with van der Waals surface area (Å²) >= 11 is 0. The fourth-order valence-electron chi connectivity index (χ4n) is 1.99. The number of nitrogens with one attached hydrogen (secondary N) is 1. The highest BCUT2D eigenvalue weighted by Gasteiger charge is 2.42. The van der Waals surface area contributed by atoms with Crippen molar-refractivity contribution >= 4 is 0 Å². The Balaban J connectivity index is 2.73.